The molecule has 0 saturated heterocycles. The number of rotatable bonds is 2. The van der Waals surface area contributed by atoms with Crippen LogP contribution in [0.15, 0.2) is 157 Å². The second-order valence-corrected chi connectivity index (χ2v) is 13.2. The molecule has 10 aromatic rings. The van der Waals surface area contributed by atoms with Crippen molar-refractivity contribution in [3.05, 3.63) is 152 Å². The van der Waals surface area contributed by atoms with Crippen molar-refractivity contribution in [1.82, 2.24) is 13.5 Å². The molecule has 5 heteroatoms. The van der Waals surface area contributed by atoms with Crippen molar-refractivity contribution < 1.29 is 0 Å². The summed E-state index contributed by atoms with van der Waals surface area (Å²) < 4.78 is 7.44. The maximum absolute atomic E-state index is 5.44. The molecule has 4 aromatic heterocycles. The van der Waals surface area contributed by atoms with Gasteiger partial charge < -0.3 is 14.5 Å². The summed E-state index contributed by atoms with van der Waals surface area (Å²) in [5, 5.41) is 12.6. The molecule has 49 heavy (non-hydrogen) atoms. The fraction of sp³-hybridized carbons (Fsp3) is 0.0227. The number of aromatic nitrogens is 3. The molecule has 0 amide bonds. The number of anilines is 1. The Balaban J connectivity index is 1.45. The van der Waals surface area contributed by atoms with Gasteiger partial charge in [0, 0.05) is 49.1 Å². The fourth-order valence-electron chi connectivity index (χ4n) is 8.87. The molecule has 1 aliphatic carbocycles. The molecule has 0 saturated carbocycles. The van der Waals surface area contributed by atoms with E-state index >= 15 is 0 Å². The lowest BCUT2D eigenvalue weighted by molar-refractivity contribution is 1.11. The van der Waals surface area contributed by atoms with Crippen LogP contribution >= 0.6 is 0 Å². The first-order valence-electron chi connectivity index (χ1n) is 16.9. The van der Waals surface area contributed by atoms with Gasteiger partial charge in [0.2, 0.25) is 0 Å². The number of hydrogen-bond donors (Lipinski definition) is 1. The summed E-state index contributed by atoms with van der Waals surface area (Å²) >= 11 is 0. The number of nitrogens with one attached hydrogen (secondary N) is 1. The zero-order chi connectivity index (χ0) is 31.8. The summed E-state index contributed by atoms with van der Waals surface area (Å²) in [6.45, 7) is 0. The van der Waals surface area contributed by atoms with Crippen molar-refractivity contribution in [1.29, 1.82) is 0 Å². The lowest BCUT2D eigenvalue weighted by Gasteiger charge is -2.23. The SMILES string of the molecule is C1=CC2=Nc3c(c4cccc5c6c7c(c8ccccc8n7-c7ccccc7)c7c8ccccc8n(-c8ccccc8)c7c6n3c45)NC2C=C1. The van der Waals surface area contributed by atoms with Gasteiger partial charge in [-0.3, -0.25) is 4.40 Å². The summed E-state index contributed by atoms with van der Waals surface area (Å²) in [7, 11) is 0. The minimum Gasteiger partial charge on any atom is -0.370 e. The fourth-order valence-corrected chi connectivity index (χ4v) is 8.87. The van der Waals surface area contributed by atoms with Gasteiger partial charge in [-0.15, -0.1) is 0 Å². The summed E-state index contributed by atoms with van der Waals surface area (Å²) in [6, 6.07) is 46.3. The van der Waals surface area contributed by atoms with Gasteiger partial charge in [-0.05, 0) is 42.5 Å². The van der Waals surface area contributed by atoms with Crippen LogP contribution in [0.4, 0.5) is 11.5 Å². The van der Waals surface area contributed by atoms with Crippen LogP contribution in [0.1, 0.15) is 0 Å². The number of aliphatic imine (C=N–C) groups is 1. The molecule has 0 radical (unpaired) electrons. The van der Waals surface area contributed by atoms with Crippen molar-refractivity contribution in [3.8, 4) is 11.4 Å². The third-order valence-corrected chi connectivity index (χ3v) is 10.7. The quantitative estimate of drug-likeness (QED) is 0.204. The number of nitrogens with zero attached hydrogens (tertiary/aromatic N) is 4. The molecule has 1 unspecified atom stereocenters. The minimum absolute atomic E-state index is 0.0537. The monoisotopic (exact) mass is 625 g/mol. The van der Waals surface area contributed by atoms with Gasteiger partial charge in [0.15, 0.2) is 5.82 Å². The predicted octanol–water partition coefficient (Wildman–Crippen LogP) is 10.9. The van der Waals surface area contributed by atoms with E-state index < -0.39 is 0 Å². The normalized spacial score (nSPS) is 15.7. The highest BCUT2D eigenvalue weighted by molar-refractivity contribution is 6.42. The van der Waals surface area contributed by atoms with Gasteiger partial charge in [-0.1, -0.05) is 109 Å². The summed E-state index contributed by atoms with van der Waals surface area (Å²) in [4.78, 5) is 5.44. The average molecular weight is 626 g/mol. The second kappa shape index (κ2) is 9.06. The van der Waals surface area contributed by atoms with Crippen LogP contribution in [0.5, 0.6) is 0 Å². The highest BCUT2D eigenvalue weighted by atomic mass is 15.1. The van der Waals surface area contributed by atoms with Gasteiger partial charge in [0.25, 0.3) is 0 Å². The molecule has 0 spiro atoms. The topological polar surface area (TPSA) is 38.7 Å². The first-order chi connectivity index (χ1) is 24.4. The average Bonchev–Trinajstić information content (AvgIpc) is 3.89. The Hall–Kier alpha value is -6.59. The maximum atomic E-state index is 5.44. The maximum Gasteiger partial charge on any atom is 0.162 e. The Kier molecular flexibility index (Phi) is 4.71. The number of benzene rings is 6. The molecule has 1 atom stereocenters. The molecule has 228 valence electrons. The van der Waals surface area contributed by atoms with Crippen molar-refractivity contribution in [3.63, 3.8) is 0 Å². The molecule has 1 aliphatic heterocycles. The molecule has 0 bridgehead atoms. The summed E-state index contributed by atoms with van der Waals surface area (Å²) in [6.07, 6.45) is 8.52. The Morgan fingerprint density at radius 3 is 1.80 bits per heavy atom. The second-order valence-electron chi connectivity index (χ2n) is 13.2. The molecule has 6 aromatic carbocycles. The smallest absolute Gasteiger partial charge is 0.162 e. The Morgan fingerprint density at radius 2 is 1.08 bits per heavy atom. The van der Waals surface area contributed by atoms with E-state index in [1.807, 2.05) is 0 Å². The van der Waals surface area contributed by atoms with Gasteiger partial charge in [0.1, 0.15) is 0 Å². The van der Waals surface area contributed by atoms with Gasteiger partial charge in [0.05, 0.1) is 50.5 Å². The number of para-hydroxylation sites is 5. The van der Waals surface area contributed by atoms with Crippen LogP contribution < -0.4 is 5.32 Å². The van der Waals surface area contributed by atoms with E-state index in [0.29, 0.717) is 0 Å². The first kappa shape index (κ1) is 25.5. The molecule has 0 fully saturated rings. The zero-order valence-corrected chi connectivity index (χ0v) is 26.3. The highest BCUT2D eigenvalue weighted by Gasteiger charge is 2.33. The van der Waals surface area contributed by atoms with Crippen LogP contribution in [0.25, 0.3) is 82.2 Å². The van der Waals surface area contributed by atoms with E-state index in [1.54, 1.807) is 0 Å². The minimum atomic E-state index is 0.0537. The van der Waals surface area contributed by atoms with Crippen LogP contribution in [-0.2, 0) is 0 Å². The molecular weight excluding hydrogens is 599 g/mol. The van der Waals surface area contributed by atoms with Crippen molar-refractivity contribution >= 4 is 88.0 Å². The van der Waals surface area contributed by atoms with Gasteiger partial charge >= 0.3 is 0 Å². The van der Waals surface area contributed by atoms with Gasteiger partial charge in [-0.25, -0.2) is 4.99 Å². The summed E-state index contributed by atoms with van der Waals surface area (Å²) in [5.41, 5.74) is 11.6. The summed E-state index contributed by atoms with van der Waals surface area (Å²) in [5.74, 6) is 0.959. The predicted molar refractivity (Wildman–Crippen MR) is 205 cm³/mol. The molecule has 2 aliphatic rings. The first-order valence-corrected chi connectivity index (χ1v) is 16.9. The molecule has 12 rings (SSSR count). The number of hydrogen-bond acceptors (Lipinski definition) is 2. The van der Waals surface area contributed by atoms with E-state index in [9.17, 15) is 0 Å². The van der Waals surface area contributed by atoms with E-state index in [0.717, 1.165) is 28.6 Å². The van der Waals surface area contributed by atoms with Crippen LogP contribution in [0, 0.1) is 0 Å². The van der Waals surface area contributed by atoms with E-state index in [1.165, 1.54) is 70.8 Å². The lowest BCUT2D eigenvalue weighted by Crippen LogP contribution is -2.29. The Labute approximate surface area is 280 Å². The van der Waals surface area contributed by atoms with E-state index in [-0.39, 0.29) is 6.04 Å². The lowest BCUT2D eigenvalue weighted by atomic mass is 10.00. The highest BCUT2D eigenvalue weighted by Crippen LogP contribution is 2.53. The van der Waals surface area contributed by atoms with Crippen LogP contribution in [-0.4, -0.2) is 25.3 Å². The molecule has 5 heterocycles. The standard InChI is InChI=1S/C44H27N5/c1-3-14-26(15-4-1)47-34-24-11-7-18-28(34)36-37-29-19-8-12-25-35(29)48(27-16-5-2-6-17-27)42(37)43-38(41(36)47)30-20-13-21-31-39-44(49(43)40(30)31)46-33-23-10-9-22-32(33)45-39/h1-25,32,45H. The van der Waals surface area contributed by atoms with Crippen molar-refractivity contribution in [2.24, 2.45) is 4.99 Å². The number of fused-ring (bicyclic) bond motifs is 16. The Bertz CT molecular complexity index is 3110. The molecule has 1 N–H and O–H groups in total. The molecular formula is C44H27N5. The third kappa shape index (κ3) is 3.08. The van der Waals surface area contributed by atoms with Gasteiger partial charge in [-0.2, -0.15) is 0 Å². The third-order valence-electron chi connectivity index (χ3n) is 10.7. The van der Waals surface area contributed by atoms with Crippen molar-refractivity contribution in [2.45, 2.75) is 6.04 Å². The molecule has 5 nitrogen and oxygen atoms in total. The van der Waals surface area contributed by atoms with Crippen LogP contribution in [0.2, 0.25) is 0 Å². The van der Waals surface area contributed by atoms with E-state index in [4.69, 9.17) is 4.99 Å². The number of allylic oxidation sites excluding steroid dienone is 2. The van der Waals surface area contributed by atoms with Crippen LogP contribution in [0.3, 0.4) is 0 Å². The van der Waals surface area contributed by atoms with E-state index in [2.05, 4.69) is 171 Å². The largest absolute Gasteiger partial charge is 0.370 e. The zero-order valence-electron chi connectivity index (χ0n) is 26.3. The van der Waals surface area contributed by atoms with Crippen molar-refractivity contribution in [2.75, 3.05) is 5.32 Å². The Morgan fingerprint density at radius 1 is 0.490 bits per heavy atom.